The van der Waals surface area contributed by atoms with Gasteiger partial charge in [-0.05, 0) is 19.8 Å². The predicted molar refractivity (Wildman–Crippen MR) is 57.5 cm³/mol. The van der Waals surface area contributed by atoms with Crippen molar-refractivity contribution in [3.05, 3.63) is 0 Å². The minimum atomic E-state index is -3.08. The third-order valence-electron chi connectivity index (χ3n) is 2.70. The second-order valence-corrected chi connectivity index (χ2v) is 6.53. The zero-order valence-electron chi connectivity index (χ0n) is 8.94. The zero-order valence-corrected chi connectivity index (χ0v) is 9.76. The lowest BCUT2D eigenvalue weighted by Crippen LogP contribution is -2.41. The summed E-state index contributed by atoms with van der Waals surface area (Å²) in [4.78, 5) is 0. The molecule has 1 aliphatic carbocycles. The van der Waals surface area contributed by atoms with Gasteiger partial charge in [0.2, 0.25) is 10.0 Å². The van der Waals surface area contributed by atoms with Crippen LogP contribution in [0.2, 0.25) is 0 Å². The second kappa shape index (κ2) is 4.59. The topological polar surface area (TPSA) is 63.4 Å². The van der Waals surface area contributed by atoms with Crippen LogP contribution in [-0.2, 0) is 10.0 Å². The van der Waals surface area contributed by atoms with E-state index in [1.165, 1.54) is 4.31 Å². The van der Waals surface area contributed by atoms with Crippen LogP contribution in [0.3, 0.4) is 0 Å². The van der Waals surface area contributed by atoms with Crippen molar-refractivity contribution >= 4 is 10.0 Å². The lowest BCUT2D eigenvalue weighted by Gasteiger charge is -2.22. The monoisotopic (exact) mass is 220 g/mol. The van der Waals surface area contributed by atoms with Gasteiger partial charge in [-0.2, -0.15) is 0 Å². The van der Waals surface area contributed by atoms with Crippen LogP contribution in [0, 0.1) is 0 Å². The number of likely N-dealkylation sites (N-methyl/N-ethyl adjacent to an activating group) is 1. The smallest absolute Gasteiger partial charge is 0.216 e. The Balaban J connectivity index is 2.63. The van der Waals surface area contributed by atoms with E-state index >= 15 is 0 Å². The molecule has 0 amide bonds. The van der Waals surface area contributed by atoms with Crippen LogP contribution < -0.4 is 5.73 Å². The number of sulfonamides is 1. The van der Waals surface area contributed by atoms with Gasteiger partial charge < -0.3 is 5.73 Å². The first kappa shape index (κ1) is 11.9. The summed E-state index contributed by atoms with van der Waals surface area (Å²) in [5.41, 5.74) is 5.58. The number of hydrogen-bond donors (Lipinski definition) is 1. The fourth-order valence-electron chi connectivity index (χ4n) is 1.95. The maximum atomic E-state index is 11.9. The Kier molecular flexibility index (Phi) is 3.92. The Morgan fingerprint density at radius 1 is 1.43 bits per heavy atom. The molecule has 1 unspecified atom stereocenters. The Bertz CT molecular complexity index is 269. The van der Waals surface area contributed by atoms with Crippen LogP contribution in [0.25, 0.3) is 0 Å². The molecule has 2 N–H and O–H groups in total. The molecule has 1 saturated carbocycles. The van der Waals surface area contributed by atoms with E-state index in [0.29, 0.717) is 6.54 Å². The molecule has 1 fully saturated rings. The average Bonchev–Trinajstić information content (AvgIpc) is 2.54. The van der Waals surface area contributed by atoms with E-state index in [2.05, 4.69) is 0 Å². The summed E-state index contributed by atoms with van der Waals surface area (Å²) in [6.07, 6.45) is 3.70. The summed E-state index contributed by atoms with van der Waals surface area (Å²) in [5, 5.41) is -0.161. The first-order chi connectivity index (χ1) is 6.44. The van der Waals surface area contributed by atoms with E-state index in [0.717, 1.165) is 25.7 Å². The molecule has 0 aromatic rings. The Morgan fingerprint density at radius 3 is 2.36 bits per heavy atom. The minimum absolute atomic E-state index is 0.101. The van der Waals surface area contributed by atoms with E-state index in [1.807, 2.05) is 6.92 Å². The van der Waals surface area contributed by atoms with Crippen molar-refractivity contribution < 1.29 is 8.42 Å². The highest BCUT2D eigenvalue weighted by molar-refractivity contribution is 7.89. The molecule has 0 aromatic carbocycles. The van der Waals surface area contributed by atoms with Crippen LogP contribution in [0.4, 0.5) is 0 Å². The van der Waals surface area contributed by atoms with Crippen LogP contribution in [0.15, 0.2) is 0 Å². The van der Waals surface area contributed by atoms with Crippen molar-refractivity contribution in [3.63, 3.8) is 0 Å². The molecule has 0 aromatic heterocycles. The van der Waals surface area contributed by atoms with Gasteiger partial charge in [-0.15, -0.1) is 0 Å². The average molecular weight is 220 g/mol. The number of rotatable bonds is 4. The van der Waals surface area contributed by atoms with Crippen LogP contribution >= 0.6 is 0 Å². The maximum absolute atomic E-state index is 11.9. The van der Waals surface area contributed by atoms with Crippen molar-refractivity contribution in [1.29, 1.82) is 0 Å². The first-order valence-electron chi connectivity index (χ1n) is 5.15. The largest absolute Gasteiger partial charge is 0.327 e. The number of hydrogen-bond acceptors (Lipinski definition) is 3. The molecule has 0 radical (unpaired) electrons. The van der Waals surface area contributed by atoms with Gasteiger partial charge in [-0.25, -0.2) is 12.7 Å². The summed E-state index contributed by atoms with van der Waals surface area (Å²) in [6.45, 7) is 2.24. The fraction of sp³-hybridized carbons (Fsp3) is 1.00. The second-order valence-electron chi connectivity index (χ2n) is 4.21. The van der Waals surface area contributed by atoms with Gasteiger partial charge in [-0.3, -0.25) is 0 Å². The molecule has 5 heteroatoms. The molecule has 0 bridgehead atoms. The minimum Gasteiger partial charge on any atom is -0.327 e. The van der Waals surface area contributed by atoms with Gasteiger partial charge >= 0.3 is 0 Å². The van der Waals surface area contributed by atoms with Crippen molar-refractivity contribution in [2.75, 3.05) is 13.6 Å². The van der Waals surface area contributed by atoms with E-state index in [4.69, 9.17) is 5.73 Å². The van der Waals surface area contributed by atoms with Gasteiger partial charge in [0.05, 0.1) is 5.25 Å². The summed E-state index contributed by atoms with van der Waals surface area (Å²) in [5.74, 6) is 0. The van der Waals surface area contributed by atoms with Crippen molar-refractivity contribution in [3.8, 4) is 0 Å². The van der Waals surface area contributed by atoms with E-state index < -0.39 is 10.0 Å². The lowest BCUT2D eigenvalue weighted by molar-refractivity contribution is 0.436. The third-order valence-corrected chi connectivity index (χ3v) is 5.03. The highest BCUT2D eigenvalue weighted by atomic mass is 32.2. The highest BCUT2D eigenvalue weighted by Gasteiger charge is 2.32. The highest BCUT2D eigenvalue weighted by Crippen LogP contribution is 2.26. The van der Waals surface area contributed by atoms with Gasteiger partial charge in [0, 0.05) is 19.6 Å². The maximum Gasteiger partial charge on any atom is 0.216 e. The standard InChI is InChI=1S/C9H20N2O2S/c1-8(10)7-11(2)14(12,13)9-5-3-4-6-9/h8-9H,3-7,10H2,1-2H3. The van der Waals surface area contributed by atoms with E-state index in [-0.39, 0.29) is 11.3 Å². The SMILES string of the molecule is CC(N)CN(C)S(=O)(=O)C1CCCC1. The van der Waals surface area contributed by atoms with E-state index in [9.17, 15) is 8.42 Å². The van der Waals surface area contributed by atoms with Gasteiger partial charge in [0.25, 0.3) is 0 Å². The van der Waals surface area contributed by atoms with Crippen LogP contribution in [0.1, 0.15) is 32.6 Å². The molecule has 0 spiro atoms. The molecule has 14 heavy (non-hydrogen) atoms. The van der Waals surface area contributed by atoms with Crippen LogP contribution in [0.5, 0.6) is 0 Å². The fourth-order valence-corrected chi connectivity index (χ4v) is 3.83. The van der Waals surface area contributed by atoms with Gasteiger partial charge in [0.1, 0.15) is 0 Å². The first-order valence-corrected chi connectivity index (χ1v) is 6.65. The summed E-state index contributed by atoms with van der Waals surface area (Å²) >= 11 is 0. The molecule has 0 saturated heterocycles. The van der Waals surface area contributed by atoms with Gasteiger partial charge in [0.15, 0.2) is 0 Å². The molecule has 84 valence electrons. The molecule has 0 heterocycles. The quantitative estimate of drug-likeness (QED) is 0.752. The van der Waals surface area contributed by atoms with Crippen LogP contribution in [-0.4, -0.2) is 37.6 Å². The molecule has 1 aliphatic rings. The number of nitrogens with two attached hydrogens (primary N) is 1. The molecular weight excluding hydrogens is 200 g/mol. The molecular formula is C9H20N2O2S. The van der Waals surface area contributed by atoms with Crippen molar-refractivity contribution in [2.24, 2.45) is 5.73 Å². The third kappa shape index (κ3) is 2.68. The molecule has 0 aliphatic heterocycles. The van der Waals surface area contributed by atoms with E-state index in [1.54, 1.807) is 7.05 Å². The number of nitrogens with zero attached hydrogens (tertiary/aromatic N) is 1. The lowest BCUT2D eigenvalue weighted by atomic mass is 10.4. The summed E-state index contributed by atoms with van der Waals surface area (Å²) < 4.78 is 25.3. The Hall–Kier alpha value is -0.130. The predicted octanol–water partition coefficient (Wildman–Crippen LogP) is 0.538. The zero-order chi connectivity index (χ0) is 10.8. The Morgan fingerprint density at radius 2 is 1.93 bits per heavy atom. The summed E-state index contributed by atoms with van der Waals surface area (Å²) in [7, 11) is -1.46. The van der Waals surface area contributed by atoms with Gasteiger partial charge in [-0.1, -0.05) is 12.8 Å². The summed E-state index contributed by atoms with van der Waals surface area (Å²) in [6, 6.07) is -0.101. The molecule has 1 atom stereocenters. The van der Waals surface area contributed by atoms with Crippen molar-refractivity contribution in [1.82, 2.24) is 4.31 Å². The molecule has 4 nitrogen and oxygen atoms in total. The molecule has 1 rings (SSSR count). The van der Waals surface area contributed by atoms with Crippen molar-refractivity contribution in [2.45, 2.75) is 43.9 Å². The Labute approximate surface area is 86.5 Å². The normalized spacial score (nSPS) is 21.7.